The first-order valence-electron chi connectivity index (χ1n) is 6.80. The third kappa shape index (κ3) is 2.04. The van der Waals surface area contributed by atoms with Crippen LogP contribution in [0.15, 0.2) is 42.5 Å². The van der Waals surface area contributed by atoms with E-state index in [-0.39, 0.29) is 6.04 Å². The minimum atomic E-state index is -0.0741. The van der Waals surface area contributed by atoms with Crippen LogP contribution in [0.2, 0.25) is 0 Å². The summed E-state index contributed by atoms with van der Waals surface area (Å²) in [6.07, 6.45) is 1.03. The van der Waals surface area contributed by atoms with Crippen LogP contribution in [0.5, 0.6) is 11.5 Å². The molecular weight excluding hydrogens is 250 g/mol. The van der Waals surface area contributed by atoms with E-state index in [1.54, 1.807) is 14.2 Å². The molecule has 2 unspecified atom stereocenters. The first kappa shape index (κ1) is 13.0. The molecule has 104 valence electrons. The second-order valence-corrected chi connectivity index (χ2v) is 5.14. The molecule has 2 atom stereocenters. The van der Waals surface area contributed by atoms with Gasteiger partial charge in [-0.25, -0.2) is 0 Å². The molecule has 0 heterocycles. The van der Waals surface area contributed by atoms with Gasteiger partial charge < -0.3 is 15.2 Å². The number of fused-ring (bicyclic) bond motifs is 1. The Morgan fingerprint density at radius 1 is 1.10 bits per heavy atom. The molecule has 1 aliphatic rings. The summed E-state index contributed by atoms with van der Waals surface area (Å²) in [7, 11) is 3.34. The Morgan fingerprint density at radius 3 is 2.60 bits per heavy atom. The summed E-state index contributed by atoms with van der Waals surface area (Å²) in [6.45, 7) is 0. The van der Waals surface area contributed by atoms with Crippen molar-refractivity contribution in [1.29, 1.82) is 0 Å². The Kier molecular flexibility index (Phi) is 3.36. The number of benzene rings is 2. The number of nitrogens with two attached hydrogens (primary N) is 1. The molecule has 2 aromatic rings. The standard InChI is InChI=1S/C17H19NO2/c1-19-12-7-8-16(20-2)15(10-12)17(18)14-9-11-5-3-4-6-13(11)14/h3-8,10,14,17H,9,18H2,1-2H3. The van der Waals surface area contributed by atoms with Gasteiger partial charge >= 0.3 is 0 Å². The van der Waals surface area contributed by atoms with Crippen LogP contribution in [0.4, 0.5) is 0 Å². The lowest BCUT2D eigenvalue weighted by Crippen LogP contribution is -2.29. The quantitative estimate of drug-likeness (QED) is 0.927. The van der Waals surface area contributed by atoms with Gasteiger partial charge in [0.05, 0.1) is 14.2 Å². The molecule has 0 aliphatic heterocycles. The fourth-order valence-electron chi connectivity index (χ4n) is 2.93. The average molecular weight is 269 g/mol. The van der Waals surface area contributed by atoms with Gasteiger partial charge in [-0.1, -0.05) is 24.3 Å². The Balaban J connectivity index is 1.93. The lowest BCUT2D eigenvalue weighted by atomic mass is 9.72. The fraction of sp³-hybridized carbons (Fsp3) is 0.294. The zero-order valence-electron chi connectivity index (χ0n) is 11.8. The van der Waals surface area contributed by atoms with Gasteiger partial charge in [0.25, 0.3) is 0 Å². The van der Waals surface area contributed by atoms with Crippen LogP contribution in [0.3, 0.4) is 0 Å². The van der Waals surface area contributed by atoms with E-state index in [0.29, 0.717) is 5.92 Å². The highest BCUT2D eigenvalue weighted by molar-refractivity contribution is 5.48. The van der Waals surface area contributed by atoms with E-state index < -0.39 is 0 Å². The minimum Gasteiger partial charge on any atom is -0.497 e. The van der Waals surface area contributed by atoms with Crippen molar-refractivity contribution in [2.75, 3.05) is 14.2 Å². The van der Waals surface area contributed by atoms with E-state index >= 15 is 0 Å². The van der Waals surface area contributed by atoms with Crippen molar-refractivity contribution in [2.45, 2.75) is 18.4 Å². The lowest BCUT2D eigenvalue weighted by molar-refractivity contribution is 0.387. The summed E-state index contributed by atoms with van der Waals surface area (Å²) >= 11 is 0. The predicted molar refractivity (Wildman–Crippen MR) is 79.4 cm³/mol. The van der Waals surface area contributed by atoms with Crippen LogP contribution in [0, 0.1) is 0 Å². The van der Waals surface area contributed by atoms with Gasteiger partial charge in [0.1, 0.15) is 11.5 Å². The highest BCUT2D eigenvalue weighted by atomic mass is 16.5. The van der Waals surface area contributed by atoms with E-state index in [2.05, 4.69) is 24.3 Å². The first-order chi connectivity index (χ1) is 9.74. The van der Waals surface area contributed by atoms with Gasteiger partial charge in [-0.05, 0) is 35.7 Å². The predicted octanol–water partition coefficient (Wildman–Crippen LogP) is 3.04. The molecule has 3 rings (SSSR count). The molecule has 0 amide bonds. The van der Waals surface area contributed by atoms with Crippen molar-refractivity contribution in [3.05, 3.63) is 59.2 Å². The normalized spacial score (nSPS) is 17.9. The van der Waals surface area contributed by atoms with Crippen LogP contribution in [-0.2, 0) is 6.42 Å². The van der Waals surface area contributed by atoms with E-state index in [1.807, 2.05) is 18.2 Å². The zero-order valence-corrected chi connectivity index (χ0v) is 11.8. The summed E-state index contributed by atoms with van der Waals surface area (Å²) in [5.41, 5.74) is 10.2. The van der Waals surface area contributed by atoms with Crippen LogP contribution >= 0.6 is 0 Å². The molecule has 0 radical (unpaired) electrons. The third-order valence-corrected chi connectivity index (χ3v) is 4.12. The molecule has 0 spiro atoms. The average Bonchev–Trinajstić information content (AvgIpc) is 2.47. The largest absolute Gasteiger partial charge is 0.497 e. The molecule has 3 heteroatoms. The van der Waals surface area contributed by atoms with Crippen LogP contribution in [0.1, 0.15) is 28.7 Å². The Hall–Kier alpha value is -2.00. The van der Waals surface area contributed by atoms with Crippen molar-refractivity contribution >= 4 is 0 Å². The number of hydrogen-bond donors (Lipinski definition) is 1. The second kappa shape index (κ2) is 5.17. The summed E-state index contributed by atoms with van der Waals surface area (Å²) in [6, 6.07) is 14.2. The third-order valence-electron chi connectivity index (χ3n) is 4.12. The van der Waals surface area contributed by atoms with Gasteiger partial charge in [-0.15, -0.1) is 0 Å². The van der Waals surface area contributed by atoms with Crippen molar-refractivity contribution in [1.82, 2.24) is 0 Å². The Labute approximate surface area is 119 Å². The maximum Gasteiger partial charge on any atom is 0.123 e. The molecule has 0 saturated carbocycles. The molecule has 3 nitrogen and oxygen atoms in total. The molecule has 2 aromatic carbocycles. The molecule has 0 aromatic heterocycles. The molecule has 0 saturated heterocycles. The number of rotatable bonds is 4. The van der Waals surface area contributed by atoms with Crippen molar-refractivity contribution in [3.8, 4) is 11.5 Å². The SMILES string of the molecule is COc1ccc(OC)c(C(N)C2Cc3ccccc32)c1. The molecule has 0 bridgehead atoms. The molecule has 0 fully saturated rings. The second-order valence-electron chi connectivity index (χ2n) is 5.14. The number of ether oxygens (including phenoxy) is 2. The Bertz CT molecular complexity index is 624. The number of hydrogen-bond acceptors (Lipinski definition) is 3. The first-order valence-corrected chi connectivity index (χ1v) is 6.80. The maximum atomic E-state index is 6.48. The fourth-order valence-corrected chi connectivity index (χ4v) is 2.93. The highest BCUT2D eigenvalue weighted by Gasteiger charge is 2.32. The van der Waals surface area contributed by atoms with Crippen molar-refractivity contribution in [2.24, 2.45) is 5.73 Å². The topological polar surface area (TPSA) is 44.5 Å². The summed E-state index contributed by atoms with van der Waals surface area (Å²) < 4.78 is 10.7. The Morgan fingerprint density at radius 2 is 1.90 bits per heavy atom. The summed E-state index contributed by atoms with van der Waals surface area (Å²) in [5.74, 6) is 1.98. The smallest absolute Gasteiger partial charge is 0.123 e. The zero-order chi connectivity index (χ0) is 14.1. The van der Waals surface area contributed by atoms with Crippen LogP contribution in [0.25, 0.3) is 0 Å². The molecule has 1 aliphatic carbocycles. The van der Waals surface area contributed by atoms with Crippen LogP contribution < -0.4 is 15.2 Å². The molecule has 2 N–H and O–H groups in total. The minimum absolute atomic E-state index is 0.0741. The summed E-state index contributed by atoms with van der Waals surface area (Å²) in [4.78, 5) is 0. The maximum absolute atomic E-state index is 6.48. The van der Waals surface area contributed by atoms with Crippen LogP contribution in [-0.4, -0.2) is 14.2 Å². The van der Waals surface area contributed by atoms with E-state index in [9.17, 15) is 0 Å². The molecule has 20 heavy (non-hydrogen) atoms. The lowest BCUT2D eigenvalue weighted by Gasteiger charge is -2.35. The van der Waals surface area contributed by atoms with E-state index in [4.69, 9.17) is 15.2 Å². The van der Waals surface area contributed by atoms with Gasteiger partial charge in [0, 0.05) is 17.5 Å². The highest BCUT2D eigenvalue weighted by Crippen LogP contribution is 2.44. The monoisotopic (exact) mass is 269 g/mol. The van der Waals surface area contributed by atoms with Gasteiger partial charge in [0.2, 0.25) is 0 Å². The molecular formula is C17H19NO2. The van der Waals surface area contributed by atoms with Gasteiger partial charge in [0.15, 0.2) is 0 Å². The van der Waals surface area contributed by atoms with E-state index in [1.165, 1.54) is 11.1 Å². The van der Waals surface area contributed by atoms with Gasteiger partial charge in [-0.3, -0.25) is 0 Å². The number of methoxy groups -OCH3 is 2. The van der Waals surface area contributed by atoms with E-state index in [0.717, 1.165) is 23.5 Å². The summed E-state index contributed by atoms with van der Waals surface area (Å²) in [5, 5.41) is 0. The van der Waals surface area contributed by atoms with Gasteiger partial charge in [-0.2, -0.15) is 0 Å². The van der Waals surface area contributed by atoms with Crippen molar-refractivity contribution in [3.63, 3.8) is 0 Å². The van der Waals surface area contributed by atoms with Crippen molar-refractivity contribution < 1.29 is 9.47 Å².